The second kappa shape index (κ2) is 9.49. The lowest BCUT2D eigenvalue weighted by Gasteiger charge is -2.30. The minimum atomic E-state index is -0.573. The van der Waals surface area contributed by atoms with E-state index in [2.05, 4.69) is 5.32 Å². The summed E-state index contributed by atoms with van der Waals surface area (Å²) in [4.78, 5) is 27.1. The fraction of sp³-hybridized carbons (Fsp3) is 0.261. The number of carbonyl (C=O) groups excluding carboxylic acids is 2. The minimum absolute atomic E-state index is 0.0372. The maximum absolute atomic E-state index is 13.2. The Morgan fingerprint density at radius 3 is 2.58 bits per heavy atom. The van der Waals surface area contributed by atoms with Crippen LogP contribution in [0, 0.1) is 6.92 Å². The van der Waals surface area contributed by atoms with Gasteiger partial charge in [0.15, 0.2) is 16.6 Å². The van der Waals surface area contributed by atoms with Crippen LogP contribution < -0.4 is 19.7 Å². The molecule has 0 spiro atoms. The van der Waals surface area contributed by atoms with Crippen molar-refractivity contribution >= 4 is 52.5 Å². The molecule has 2 aromatic rings. The number of thiocarbonyl (C=S) groups is 1. The molecule has 0 aromatic heterocycles. The topological polar surface area (TPSA) is 67.9 Å². The molecule has 0 aliphatic carbocycles. The fourth-order valence-electron chi connectivity index (χ4n) is 3.14. The van der Waals surface area contributed by atoms with E-state index in [1.807, 2.05) is 39.8 Å². The molecule has 162 valence electrons. The third kappa shape index (κ3) is 4.89. The Kier molecular flexibility index (Phi) is 6.97. The number of nitrogens with one attached hydrogen (secondary N) is 1. The Bertz CT molecular complexity index is 1080. The summed E-state index contributed by atoms with van der Waals surface area (Å²) >= 11 is 11.7. The molecule has 31 heavy (non-hydrogen) atoms. The molecule has 8 heteroatoms. The van der Waals surface area contributed by atoms with Crippen molar-refractivity contribution in [2.45, 2.75) is 33.8 Å². The van der Waals surface area contributed by atoms with Gasteiger partial charge in [-0.3, -0.25) is 19.8 Å². The Labute approximate surface area is 191 Å². The lowest BCUT2D eigenvalue weighted by Crippen LogP contribution is -2.54. The average Bonchev–Trinajstić information content (AvgIpc) is 2.69. The summed E-state index contributed by atoms with van der Waals surface area (Å²) < 4.78 is 11.4. The first-order chi connectivity index (χ1) is 14.7. The Hall–Kier alpha value is -2.90. The maximum atomic E-state index is 13.2. The number of hydrogen-bond donors (Lipinski definition) is 1. The summed E-state index contributed by atoms with van der Waals surface area (Å²) in [7, 11) is 0. The van der Waals surface area contributed by atoms with Crippen LogP contribution in [-0.2, 0) is 9.59 Å². The summed E-state index contributed by atoms with van der Waals surface area (Å²) in [5, 5.41) is 2.95. The van der Waals surface area contributed by atoms with Gasteiger partial charge < -0.3 is 9.47 Å². The van der Waals surface area contributed by atoms with Crippen LogP contribution in [-0.4, -0.2) is 29.6 Å². The zero-order valence-corrected chi connectivity index (χ0v) is 19.3. The molecule has 1 N–H and O–H groups in total. The molecule has 0 radical (unpaired) electrons. The second-order valence-corrected chi connectivity index (χ2v) is 7.97. The number of anilines is 1. The zero-order chi connectivity index (χ0) is 22.7. The van der Waals surface area contributed by atoms with Gasteiger partial charge in [0.2, 0.25) is 0 Å². The first kappa shape index (κ1) is 22.8. The summed E-state index contributed by atoms with van der Waals surface area (Å²) in [5.41, 5.74) is 1.93. The molecule has 0 atom stereocenters. The summed E-state index contributed by atoms with van der Waals surface area (Å²) in [6.45, 7) is 7.88. The predicted octanol–water partition coefficient (Wildman–Crippen LogP) is 4.67. The van der Waals surface area contributed by atoms with Crippen molar-refractivity contribution in [1.29, 1.82) is 0 Å². The minimum Gasteiger partial charge on any atom is -0.490 e. The molecular formula is C23H23ClN2O4S. The zero-order valence-electron chi connectivity index (χ0n) is 17.7. The van der Waals surface area contributed by atoms with Gasteiger partial charge in [0.1, 0.15) is 5.57 Å². The van der Waals surface area contributed by atoms with Crippen molar-refractivity contribution in [3.05, 3.63) is 58.1 Å². The van der Waals surface area contributed by atoms with E-state index in [1.54, 1.807) is 24.3 Å². The van der Waals surface area contributed by atoms with Gasteiger partial charge in [0, 0.05) is 0 Å². The number of aryl methyl sites for hydroxylation is 1. The van der Waals surface area contributed by atoms with E-state index in [0.717, 1.165) is 5.56 Å². The van der Waals surface area contributed by atoms with Gasteiger partial charge in [-0.2, -0.15) is 0 Å². The summed E-state index contributed by atoms with van der Waals surface area (Å²) in [6, 6.07) is 10.6. The molecule has 0 unspecified atom stereocenters. The van der Waals surface area contributed by atoms with Gasteiger partial charge in [-0.15, -0.1) is 0 Å². The number of benzene rings is 2. The molecule has 3 rings (SSSR count). The van der Waals surface area contributed by atoms with E-state index in [9.17, 15) is 9.59 Å². The number of hydrogen-bond acceptors (Lipinski definition) is 5. The van der Waals surface area contributed by atoms with Crippen LogP contribution in [0.2, 0.25) is 5.02 Å². The van der Waals surface area contributed by atoms with Crippen LogP contribution in [0.3, 0.4) is 0 Å². The number of carbonyl (C=O) groups is 2. The van der Waals surface area contributed by atoms with Crippen LogP contribution >= 0.6 is 23.8 Å². The van der Waals surface area contributed by atoms with Crippen molar-refractivity contribution in [3.63, 3.8) is 0 Å². The third-order valence-corrected chi connectivity index (χ3v) is 5.02. The van der Waals surface area contributed by atoms with E-state index < -0.39 is 11.8 Å². The van der Waals surface area contributed by atoms with Gasteiger partial charge in [-0.1, -0.05) is 29.8 Å². The molecule has 1 aliphatic heterocycles. The molecule has 6 nitrogen and oxygen atoms in total. The van der Waals surface area contributed by atoms with E-state index >= 15 is 0 Å². The highest BCUT2D eigenvalue weighted by atomic mass is 35.5. The van der Waals surface area contributed by atoms with Crippen LogP contribution in [0.5, 0.6) is 11.5 Å². The van der Waals surface area contributed by atoms with Crippen molar-refractivity contribution < 1.29 is 19.1 Å². The van der Waals surface area contributed by atoms with Gasteiger partial charge in [-0.25, -0.2) is 0 Å². The number of rotatable bonds is 6. The van der Waals surface area contributed by atoms with E-state index in [-0.39, 0.29) is 16.8 Å². The van der Waals surface area contributed by atoms with Gasteiger partial charge >= 0.3 is 0 Å². The van der Waals surface area contributed by atoms with Crippen LogP contribution in [0.25, 0.3) is 6.08 Å². The number of para-hydroxylation sites is 1. The number of halogens is 1. The second-order valence-electron chi connectivity index (χ2n) is 7.17. The summed E-state index contributed by atoms with van der Waals surface area (Å²) in [5.74, 6) is -0.232. The number of nitrogens with zero attached hydrogens (tertiary/aromatic N) is 1. The lowest BCUT2D eigenvalue weighted by atomic mass is 10.1. The average molecular weight is 459 g/mol. The van der Waals surface area contributed by atoms with Crippen LogP contribution in [0.4, 0.5) is 5.69 Å². The van der Waals surface area contributed by atoms with Crippen molar-refractivity contribution in [3.8, 4) is 11.5 Å². The standard InChI is InChI=1S/C23H23ClN2O4S/c1-5-29-19-12-15(11-17(24)20(19)30-13(2)3)10-16-21(27)25-23(31)26(22(16)28)18-9-7-6-8-14(18)4/h6-13H,5H2,1-4H3,(H,25,27,31)/b16-10+. The normalized spacial score (nSPS) is 15.5. The molecular weight excluding hydrogens is 436 g/mol. The highest BCUT2D eigenvalue weighted by molar-refractivity contribution is 7.80. The largest absolute Gasteiger partial charge is 0.490 e. The van der Waals surface area contributed by atoms with Crippen LogP contribution in [0.1, 0.15) is 31.9 Å². The van der Waals surface area contributed by atoms with Crippen molar-refractivity contribution in [1.82, 2.24) is 5.32 Å². The molecule has 2 aromatic carbocycles. The SMILES string of the molecule is CCOc1cc(/C=C2\C(=O)NC(=S)N(c3ccccc3C)C2=O)cc(Cl)c1OC(C)C. The van der Waals surface area contributed by atoms with Crippen molar-refractivity contribution in [2.75, 3.05) is 11.5 Å². The molecule has 2 amide bonds. The van der Waals surface area contributed by atoms with E-state index in [4.69, 9.17) is 33.3 Å². The summed E-state index contributed by atoms with van der Waals surface area (Å²) in [6.07, 6.45) is 1.37. The van der Waals surface area contributed by atoms with Gasteiger partial charge in [0.25, 0.3) is 11.8 Å². The van der Waals surface area contributed by atoms with Gasteiger partial charge in [-0.05, 0) is 75.3 Å². The van der Waals surface area contributed by atoms with E-state index in [1.165, 1.54) is 11.0 Å². The molecule has 1 saturated heterocycles. The third-order valence-electron chi connectivity index (χ3n) is 4.45. The predicted molar refractivity (Wildman–Crippen MR) is 126 cm³/mol. The van der Waals surface area contributed by atoms with Crippen molar-refractivity contribution in [2.24, 2.45) is 0 Å². The fourth-order valence-corrected chi connectivity index (χ4v) is 3.68. The van der Waals surface area contributed by atoms with Crippen LogP contribution in [0.15, 0.2) is 42.0 Å². The number of ether oxygens (including phenoxy) is 2. The first-order valence-corrected chi connectivity index (χ1v) is 10.6. The first-order valence-electron chi connectivity index (χ1n) is 9.83. The Balaban J connectivity index is 2.05. The quantitative estimate of drug-likeness (QED) is 0.387. The molecule has 1 heterocycles. The number of amides is 2. The van der Waals surface area contributed by atoms with Gasteiger partial charge in [0.05, 0.1) is 23.4 Å². The highest BCUT2D eigenvalue weighted by Crippen LogP contribution is 2.38. The lowest BCUT2D eigenvalue weighted by molar-refractivity contribution is -0.122. The smallest absolute Gasteiger partial charge is 0.270 e. The molecule has 1 aliphatic rings. The monoisotopic (exact) mass is 458 g/mol. The Morgan fingerprint density at radius 2 is 1.94 bits per heavy atom. The molecule has 0 saturated carbocycles. The molecule has 0 bridgehead atoms. The maximum Gasteiger partial charge on any atom is 0.270 e. The molecule has 1 fully saturated rings. The van der Waals surface area contributed by atoms with E-state index in [0.29, 0.717) is 34.4 Å². The Morgan fingerprint density at radius 1 is 1.23 bits per heavy atom. The highest BCUT2D eigenvalue weighted by Gasteiger charge is 2.35.